The molecule has 0 bridgehead atoms. The highest BCUT2D eigenvalue weighted by molar-refractivity contribution is 6.99. The molecule has 0 aromatic heterocycles. The van der Waals surface area contributed by atoms with E-state index in [0.717, 1.165) is 16.8 Å². The first-order chi connectivity index (χ1) is 21.6. The van der Waals surface area contributed by atoms with Crippen LogP contribution in [0.15, 0.2) is 78.9 Å². The molecule has 248 valence electrons. The Bertz CT molecular complexity index is 1430. The first-order valence-corrected chi connectivity index (χ1v) is 18.4. The van der Waals surface area contributed by atoms with Crippen molar-refractivity contribution in [2.45, 2.75) is 90.9 Å². The summed E-state index contributed by atoms with van der Waals surface area (Å²) in [5.41, 5.74) is 2.88. The predicted octanol–water partition coefficient (Wildman–Crippen LogP) is 5.83. The molecule has 2 atom stereocenters. The molecule has 2 N–H and O–H groups in total. The average molecular weight is 644 g/mol. The van der Waals surface area contributed by atoms with Crippen LogP contribution >= 0.6 is 0 Å². The molecule has 1 aliphatic heterocycles. The summed E-state index contributed by atoms with van der Waals surface area (Å²) in [6, 6.07) is 27.1. The van der Waals surface area contributed by atoms with Crippen molar-refractivity contribution in [1.82, 2.24) is 10.6 Å². The van der Waals surface area contributed by atoms with Crippen molar-refractivity contribution < 1.29 is 18.8 Å². The van der Waals surface area contributed by atoms with E-state index in [2.05, 4.69) is 117 Å². The summed E-state index contributed by atoms with van der Waals surface area (Å²) in [6.07, 6.45) is 0.799. The van der Waals surface area contributed by atoms with E-state index in [0.29, 0.717) is 19.4 Å². The summed E-state index contributed by atoms with van der Waals surface area (Å²) < 4.78 is 12.7. The second kappa shape index (κ2) is 14.4. The molecule has 0 saturated carbocycles. The van der Waals surface area contributed by atoms with Crippen LogP contribution in [0.5, 0.6) is 0 Å². The Morgan fingerprint density at radius 1 is 0.957 bits per heavy atom. The lowest BCUT2D eigenvalue weighted by Crippen LogP contribution is -2.67. The van der Waals surface area contributed by atoms with Crippen LogP contribution in [0.4, 0.5) is 10.5 Å². The molecule has 0 fully saturated rings. The number of fused-ring (bicyclic) bond motifs is 1. The Labute approximate surface area is 277 Å². The molecule has 1 aliphatic rings. The summed E-state index contributed by atoms with van der Waals surface area (Å²) in [7, 11) is -0.786. The minimum absolute atomic E-state index is 0.00628. The molecule has 0 spiro atoms. The number of carbonyl (C=O) groups excluding carboxylic acids is 2. The summed E-state index contributed by atoms with van der Waals surface area (Å²) in [5, 5.41) is 8.48. The number of carbonyl (C=O) groups is 2. The van der Waals surface area contributed by atoms with Gasteiger partial charge in [-0.25, -0.2) is 4.79 Å². The van der Waals surface area contributed by atoms with E-state index in [9.17, 15) is 9.59 Å². The third kappa shape index (κ3) is 8.20. The number of likely N-dealkylation sites (N-methyl/N-ethyl adjacent to an activating group) is 1. The van der Waals surface area contributed by atoms with Crippen LogP contribution in [-0.4, -0.2) is 58.2 Å². The van der Waals surface area contributed by atoms with Gasteiger partial charge in [0.2, 0.25) is 5.91 Å². The first kappa shape index (κ1) is 35.2. The lowest BCUT2D eigenvalue weighted by Gasteiger charge is -2.44. The van der Waals surface area contributed by atoms with Gasteiger partial charge < -0.3 is 24.7 Å². The minimum Gasteiger partial charge on any atom is -0.449 e. The van der Waals surface area contributed by atoms with Crippen molar-refractivity contribution in [1.29, 1.82) is 0 Å². The van der Waals surface area contributed by atoms with Gasteiger partial charge in [-0.3, -0.25) is 4.79 Å². The highest BCUT2D eigenvalue weighted by atomic mass is 28.4. The molecule has 1 heterocycles. The predicted molar refractivity (Wildman–Crippen MR) is 191 cm³/mol. The molecule has 0 aliphatic carbocycles. The Hall–Kier alpha value is -3.62. The molecule has 7 nitrogen and oxygen atoms in total. The molecule has 46 heavy (non-hydrogen) atoms. The fourth-order valence-corrected chi connectivity index (χ4v) is 11.2. The smallest absolute Gasteiger partial charge is 0.407 e. The van der Waals surface area contributed by atoms with Crippen molar-refractivity contribution in [2.75, 3.05) is 25.2 Å². The zero-order chi connectivity index (χ0) is 33.7. The summed E-state index contributed by atoms with van der Waals surface area (Å²) in [4.78, 5) is 28.2. The number of benzene rings is 3. The van der Waals surface area contributed by atoms with Crippen molar-refractivity contribution in [2.24, 2.45) is 5.92 Å². The van der Waals surface area contributed by atoms with Gasteiger partial charge in [0.15, 0.2) is 0 Å². The Balaban J connectivity index is 1.65. The first-order valence-electron chi connectivity index (χ1n) is 16.5. The molecule has 2 amide bonds. The van der Waals surface area contributed by atoms with Crippen LogP contribution < -0.4 is 25.9 Å². The highest BCUT2D eigenvalue weighted by Gasteiger charge is 2.50. The Morgan fingerprint density at radius 2 is 1.54 bits per heavy atom. The lowest BCUT2D eigenvalue weighted by molar-refractivity contribution is -0.124. The number of hydrogen-bond donors (Lipinski definition) is 2. The number of rotatable bonds is 9. The van der Waals surface area contributed by atoms with Gasteiger partial charge in [-0.1, -0.05) is 107 Å². The maximum Gasteiger partial charge on any atom is 0.407 e. The molecule has 4 rings (SSSR count). The molecule has 3 aromatic carbocycles. The normalized spacial score (nSPS) is 17.5. The summed E-state index contributed by atoms with van der Waals surface area (Å²) in [5.74, 6) is 0.0917. The van der Waals surface area contributed by atoms with Crippen LogP contribution in [-0.2, 0) is 26.8 Å². The van der Waals surface area contributed by atoms with Crippen molar-refractivity contribution in [3.05, 3.63) is 90.0 Å². The second-order valence-electron chi connectivity index (χ2n) is 14.9. The van der Waals surface area contributed by atoms with Crippen LogP contribution in [0.25, 0.3) is 0 Å². The van der Waals surface area contributed by atoms with E-state index in [1.807, 2.05) is 40.0 Å². The van der Waals surface area contributed by atoms with Crippen LogP contribution in [0, 0.1) is 5.92 Å². The second-order valence-corrected chi connectivity index (χ2v) is 19.2. The molecule has 8 heteroatoms. The van der Waals surface area contributed by atoms with E-state index < -0.39 is 14.4 Å². The monoisotopic (exact) mass is 643 g/mol. The standard InChI is InChI=1S/C38H53N3O4Si/c1-27(2)34-35(42)39-30(25-29-21-20-28(24-33(29)41(34)9)22-23-44-36(43)40-37(3,4)5)26-45-46(38(6,7)8,31-16-12-10-13-17-31)32-18-14-11-15-19-32/h10-21,24,27,30,34H,22-23,25-26H2,1-9H3,(H,39,42)(H,40,43)/t30-,34-/m0/s1. The molecule has 3 aromatic rings. The number of nitrogens with one attached hydrogen (secondary N) is 2. The molecule has 0 unspecified atom stereocenters. The van der Waals surface area contributed by atoms with Crippen molar-refractivity contribution in [3.8, 4) is 0 Å². The van der Waals surface area contributed by atoms with Crippen molar-refractivity contribution >= 4 is 36.4 Å². The third-order valence-electron chi connectivity index (χ3n) is 8.68. The molecule has 0 radical (unpaired) electrons. The maximum absolute atomic E-state index is 13.9. The van der Waals surface area contributed by atoms with Crippen LogP contribution in [0.1, 0.15) is 66.5 Å². The number of amides is 2. The number of anilines is 1. The molecular weight excluding hydrogens is 591 g/mol. The zero-order valence-corrected chi connectivity index (χ0v) is 30.1. The number of alkyl carbamates (subject to hydrolysis) is 1. The molecule has 0 saturated heterocycles. The van der Waals surface area contributed by atoms with E-state index in [1.165, 1.54) is 10.4 Å². The molecular formula is C38H53N3O4Si. The quantitative estimate of drug-likeness (QED) is 0.287. The van der Waals surface area contributed by atoms with Gasteiger partial charge >= 0.3 is 6.09 Å². The van der Waals surface area contributed by atoms with Gasteiger partial charge in [0.25, 0.3) is 8.32 Å². The van der Waals surface area contributed by atoms with E-state index in [4.69, 9.17) is 9.16 Å². The van der Waals surface area contributed by atoms with Gasteiger partial charge in [0.1, 0.15) is 6.04 Å². The summed E-state index contributed by atoms with van der Waals surface area (Å²) in [6.45, 7) is 17.4. The number of hydrogen-bond acceptors (Lipinski definition) is 5. The van der Waals surface area contributed by atoms with Gasteiger partial charge in [0, 0.05) is 24.7 Å². The fourth-order valence-electron chi connectivity index (χ4n) is 6.64. The van der Waals surface area contributed by atoms with Gasteiger partial charge in [0.05, 0.1) is 19.3 Å². The van der Waals surface area contributed by atoms with Gasteiger partial charge in [-0.05, 0) is 65.7 Å². The Kier molecular flexibility index (Phi) is 11.1. The van der Waals surface area contributed by atoms with E-state index in [1.54, 1.807) is 0 Å². The van der Waals surface area contributed by atoms with Gasteiger partial charge in [-0.2, -0.15) is 0 Å². The maximum atomic E-state index is 13.9. The minimum atomic E-state index is -2.78. The van der Waals surface area contributed by atoms with E-state index in [-0.39, 0.29) is 41.1 Å². The van der Waals surface area contributed by atoms with Gasteiger partial charge in [-0.15, -0.1) is 0 Å². The topological polar surface area (TPSA) is 79.9 Å². The highest BCUT2D eigenvalue weighted by Crippen LogP contribution is 2.37. The Morgan fingerprint density at radius 3 is 2.07 bits per heavy atom. The van der Waals surface area contributed by atoms with Crippen LogP contribution in [0.2, 0.25) is 5.04 Å². The largest absolute Gasteiger partial charge is 0.449 e. The number of nitrogens with zero attached hydrogens (tertiary/aromatic N) is 1. The lowest BCUT2D eigenvalue weighted by atomic mass is 9.94. The SMILES string of the molecule is CC(C)[C@H]1C(=O)N[C@H](CO[Si](c2ccccc2)(c2ccccc2)C(C)(C)C)Cc2ccc(CCOC(=O)NC(C)(C)C)cc2N1C. The number of ether oxygens (including phenoxy) is 1. The van der Waals surface area contributed by atoms with Crippen LogP contribution in [0.3, 0.4) is 0 Å². The summed E-state index contributed by atoms with van der Waals surface area (Å²) >= 11 is 0. The van der Waals surface area contributed by atoms with Crippen molar-refractivity contribution in [3.63, 3.8) is 0 Å². The fraction of sp³-hybridized carbons (Fsp3) is 0.474. The third-order valence-corrected chi connectivity index (χ3v) is 13.7. The zero-order valence-electron chi connectivity index (χ0n) is 29.1. The average Bonchev–Trinajstić information content (AvgIpc) is 2.96. The van der Waals surface area contributed by atoms with E-state index >= 15 is 0 Å².